The van der Waals surface area contributed by atoms with E-state index in [9.17, 15) is 33.4 Å². The third-order valence-corrected chi connectivity index (χ3v) is 7.45. The summed E-state index contributed by atoms with van der Waals surface area (Å²) in [6, 6.07) is 4.26. The predicted octanol–water partition coefficient (Wildman–Crippen LogP) is 6.30. The molecule has 15 heteroatoms. The molecule has 0 bridgehead atoms. The van der Waals surface area contributed by atoms with Gasteiger partial charge in [0.05, 0.1) is 60.2 Å². The molecule has 264 valence electrons. The van der Waals surface area contributed by atoms with Crippen LogP contribution in [0.4, 0.5) is 8.78 Å². The molecule has 0 radical (unpaired) electrons. The Bertz CT molecular complexity index is 1540. The van der Waals surface area contributed by atoms with Crippen molar-refractivity contribution in [3.63, 3.8) is 0 Å². The monoisotopic (exact) mass is 804 g/mol. The van der Waals surface area contributed by atoms with Crippen molar-refractivity contribution in [1.82, 2.24) is 4.90 Å². The van der Waals surface area contributed by atoms with Crippen molar-refractivity contribution in [2.75, 3.05) is 48.1 Å². The highest BCUT2D eigenvalue weighted by molar-refractivity contribution is 9.11. The van der Waals surface area contributed by atoms with E-state index < -0.39 is 41.2 Å². The largest absolute Gasteiger partial charge is 0.506 e. The van der Waals surface area contributed by atoms with Gasteiger partial charge >= 0.3 is 11.9 Å². The summed E-state index contributed by atoms with van der Waals surface area (Å²) in [5.74, 6) is -4.07. The standard InChI is InChI=1S/C18H23BrFNO5.C15H17BrFNO4/c1-5-26-18(24)12(8-21-15(9-22)10(2)3)17(23)11-6-13(19)16(25-4)7-14(11)20;1-5-22-15(20)10(8-18(2)3)14(19)9-6-11(16)13(21-4)7-12(9)17/h6-8,10,15,22-23H,5,9H2,1-4H3;6-8H,5H2,1-4H3/t15-;/m1./s1. The fourth-order valence-electron chi connectivity index (χ4n) is 3.71. The van der Waals surface area contributed by atoms with Crippen LogP contribution < -0.4 is 9.47 Å². The summed E-state index contributed by atoms with van der Waals surface area (Å²) in [5.41, 5.74) is -1.00. The number of aliphatic hydroxyl groups is 2. The SMILES string of the molecule is CCOC(=O)C(=CN(C)C)C(=O)c1cc(Br)c(OC)cc1F.CCOC(=O)C(C=N[C@H](CO)C(C)C)=C(O)c1cc(Br)c(OC)cc1F. The minimum atomic E-state index is -0.847. The van der Waals surface area contributed by atoms with Crippen LogP contribution in [0, 0.1) is 17.6 Å². The number of aliphatic imine (C=N–C) groups is 1. The van der Waals surface area contributed by atoms with Gasteiger partial charge in [-0.05, 0) is 63.8 Å². The van der Waals surface area contributed by atoms with Crippen LogP contribution in [0.5, 0.6) is 11.5 Å². The van der Waals surface area contributed by atoms with Crippen LogP contribution in [0.2, 0.25) is 0 Å². The number of carbonyl (C=O) groups excluding carboxylic acids is 3. The van der Waals surface area contributed by atoms with Crippen LogP contribution in [0.15, 0.2) is 55.5 Å². The van der Waals surface area contributed by atoms with Crippen LogP contribution in [0.3, 0.4) is 0 Å². The Labute approximate surface area is 295 Å². The van der Waals surface area contributed by atoms with E-state index in [4.69, 9.17) is 18.9 Å². The van der Waals surface area contributed by atoms with Gasteiger partial charge in [-0.3, -0.25) is 9.79 Å². The normalized spacial score (nSPS) is 12.5. The van der Waals surface area contributed by atoms with Gasteiger partial charge in [-0.15, -0.1) is 0 Å². The summed E-state index contributed by atoms with van der Waals surface area (Å²) >= 11 is 6.40. The second kappa shape index (κ2) is 20.5. The predicted molar refractivity (Wildman–Crippen MR) is 184 cm³/mol. The lowest BCUT2D eigenvalue weighted by Gasteiger charge is -2.14. The van der Waals surface area contributed by atoms with E-state index in [1.165, 1.54) is 37.5 Å². The third kappa shape index (κ3) is 12.0. The molecule has 2 rings (SSSR count). The lowest BCUT2D eigenvalue weighted by atomic mass is 10.0. The quantitative estimate of drug-likeness (QED) is 0.0425. The topological polar surface area (TPSA) is 144 Å². The summed E-state index contributed by atoms with van der Waals surface area (Å²) in [5, 5.41) is 19.9. The van der Waals surface area contributed by atoms with Gasteiger partial charge in [-0.25, -0.2) is 18.4 Å². The van der Waals surface area contributed by atoms with Crippen molar-refractivity contribution in [3.05, 3.63) is 73.3 Å². The summed E-state index contributed by atoms with van der Waals surface area (Å²) in [7, 11) is 6.06. The maximum Gasteiger partial charge on any atom is 0.343 e. The van der Waals surface area contributed by atoms with Crippen molar-refractivity contribution in [3.8, 4) is 11.5 Å². The Morgan fingerprint density at radius 3 is 1.81 bits per heavy atom. The first-order valence-electron chi connectivity index (χ1n) is 14.5. The number of nitrogens with zero attached hydrogens (tertiary/aromatic N) is 2. The Morgan fingerprint density at radius 1 is 0.896 bits per heavy atom. The minimum Gasteiger partial charge on any atom is -0.506 e. The molecule has 0 aliphatic carbocycles. The van der Waals surface area contributed by atoms with Crippen molar-refractivity contribution < 1.29 is 52.3 Å². The molecular formula is C33H40Br2F2N2O9. The number of hydrogen-bond donors (Lipinski definition) is 2. The minimum absolute atomic E-state index is 0.00806. The zero-order valence-electron chi connectivity index (χ0n) is 27.9. The number of halogens is 4. The number of methoxy groups -OCH3 is 2. The molecule has 2 N–H and O–H groups in total. The molecule has 2 aromatic carbocycles. The summed E-state index contributed by atoms with van der Waals surface area (Å²) < 4.78 is 49.0. The molecule has 2 aromatic rings. The zero-order valence-corrected chi connectivity index (χ0v) is 31.1. The zero-order chi connectivity index (χ0) is 36.7. The smallest absolute Gasteiger partial charge is 0.343 e. The van der Waals surface area contributed by atoms with Crippen LogP contribution in [0.1, 0.15) is 43.6 Å². The second-order valence-corrected chi connectivity index (χ2v) is 12.0. The van der Waals surface area contributed by atoms with Gasteiger partial charge < -0.3 is 34.1 Å². The van der Waals surface area contributed by atoms with Gasteiger partial charge in [0.1, 0.15) is 40.0 Å². The van der Waals surface area contributed by atoms with E-state index in [1.807, 2.05) is 13.8 Å². The molecule has 1 atom stereocenters. The second-order valence-electron chi connectivity index (χ2n) is 10.2. The van der Waals surface area contributed by atoms with Gasteiger partial charge in [0.25, 0.3) is 0 Å². The number of aliphatic hydroxyl groups excluding tert-OH is 2. The van der Waals surface area contributed by atoms with Crippen LogP contribution in [-0.4, -0.2) is 93.2 Å². The van der Waals surface area contributed by atoms with E-state index >= 15 is 0 Å². The molecule has 0 unspecified atom stereocenters. The summed E-state index contributed by atoms with van der Waals surface area (Å²) in [4.78, 5) is 42.2. The van der Waals surface area contributed by atoms with E-state index in [1.54, 1.807) is 27.9 Å². The first-order valence-corrected chi connectivity index (χ1v) is 16.1. The molecular weight excluding hydrogens is 766 g/mol. The lowest BCUT2D eigenvalue weighted by molar-refractivity contribution is -0.138. The maximum absolute atomic E-state index is 14.3. The number of benzene rings is 2. The Hall–Kier alpha value is -3.82. The van der Waals surface area contributed by atoms with Crippen molar-refractivity contribution >= 4 is 61.6 Å². The molecule has 0 saturated carbocycles. The Kier molecular flexibility index (Phi) is 18.0. The first-order chi connectivity index (χ1) is 22.6. The van der Waals surface area contributed by atoms with E-state index in [2.05, 4.69) is 36.9 Å². The number of hydrogen-bond acceptors (Lipinski definition) is 11. The van der Waals surface area contributed by atoms with E-state index in [0.29, 0.717) is 8.95 Å². The van der Waals surface area contributed by atoms with Gasteiger partial charge in [0.15, 0.2) is 0 Å². The molecule has 48 heavy (non-hydrogen) atoms. The molecule has 0 fully saturated rings. The molecule has 11 nitrogen and oxygen atoms in total. The average Bonchev–Trinajstić information content (AvgIpc) is 3.03. The molecule has 0 heterocycles. The molecule has 0 spiro atoms. The summed E-state index contributed by atoms with van der Waals surface area (Å²) in [6.07, 6.45) is 2.41. The fourth-order valence-corrected chi connectivity index (χ4v) is 4.72. The van der Waals surface area contributed by atoms with Crippen LogP contribution in [0.25, 0.3) is 5.76 Å². The Balaban J connectivity index is 0.000000487. The van der Waals surface area contributed by atoms with Gasteiger partial charge in [-0.1, -0.05) is 13.8 Å². The molecule has 0 aromatic heterocycles. The third-order valence-electron chi connectivity index (χ3n) is 6.21. The number of esters is 2. The number of ketones is 1. The lowest BCUT2D eigenvalue weighted by Crippen LogP contribution is -2.20. The first kappa shape index (κ1) is 42.2. The molecule has 0 aliphatic rings. The fraction of sp³-hybridized carbons (Fsp3) is 0.394. The summed E-state index contributed by atoms with van der Waals surface area (Å²) in [6.45, 7) is 6.91. The van der Waals surface area contributed by atoms with Crippen molar-refractivity contribution in [1.29, 1.82) is 0 Å². The number of carbonyl (C=O) groups is 3. The molecule has 0 saturated heterocycles. The van der Waals surface area contributed by atoms with Gasteiger partial charge in [-0.2, -0.15) is 0 Å². The number of rotatable bonds is 14. The highest BCUT2D eigenvalue weighted by Gasteiger charge is 2.26. The van der Waals surface area contributed by atoms with Crippen LogP contribution in [-0.2, 0) is 19.1 Å². The van der Waals surface area contributed by atoms with E-state index in [0.717, 1.165) is 18.3 Å². The molecule has 0 amide bonds. The van der Waals surface area contributed by atoms with Gasteiger partial charge in [0.2, 0.25) is 5.78 Å². The van der Waals surface area contributed by atoms with Crippen LogP contribution >= 0.6 is 31.9 Å². The van der Waals surface area contributed by atoms with E-state index in [-0.39, 0.29) is 59.5 Å². The highest BCUT2D eigenvalue weighted by Crippen LogP contribution is 2.32. The number of ether oxygens (including phenoxy) is 4. The Morgan fingerprint density at radius 2 is 1.38 bits per heavy atom. The van der Waals surface area contributed by atoms with Crippen molar-refractivity contribution in [2.45, 2.75) is 33.7 Å². The number of Topliss-reactive ketones (excluding diaryl/α,β-unsaturated/α-hetero) is 1. The highest BCUT2D eigenvalue weighted by atomic mass is 79.9. The average molecular weight is 806 g/mol. The van der Waals surface area contributed by atoms with Gasteiger partial charge in [0, 0.05) is 38.6 Å². The van der Waals surface area contributed by atoms with Crippen molar-refractivity contribution in [2.24, 2.45) is 10.9 Å². The molecule has 0 aliphatic heterocycles. The maximum atomic E-state index is 14.3.